The van der Waals surface area contributed by atoms with Crippen LogP contribution in [-0.2, 0) is 0 Å². The Kier molecular flexibility index (Phi) is 5.32. The molecule has 0 aliphatic carbocycles. The number of hydrogen-bond acceptors (Lipinski definition) is 4. The highest BCUT2D eigenvalue weighted by Gasteiger charge is 2.09. The van der Waals surface area contributed by atoms with E-state index in [2.05, 4.69) is 53.5 Å². The number of aryl methyl sites for hydroxylation is 3. The Bertz CT molecular complexity index is 670. The van der Waals surface area contributed by atoms with Crippen LogP contribution in [0.1, 0.15) is 41.0 Å². The molecule has 5 heteroatoms. The molecule has 122 valence electrons. The Hall–Kier alpha value is -2.43. The van der Waals surface area contributed by atoms with Crippen molar-refractivity contribution in [3.8, 4) is 0 Å². The summed E-state index contributed by atoms with van der Waals surface area (Å²) in [5, 5.41) is 6.11. The molecule has 5 nitrogen and oxygen atoms in total. The summed E-state index contributed by atoms with van der Waals surface area (Å²) in [6, 6.07) is 4.24. The Morgan fingerprint density at radius 1 is 1.09 bits per heavy atom. The Morgan fingerprint density at radius 2 is 1.74 bits per heavy atom. The SMILES string of the molecule is Cc1cc(C)c(Nc2cnc(C(=O)NCC(C)C)cn2)c(C)c1. The third-order valence-electron chi connectivity index (χ3n) is 3.49. The highest BCUT2D eigenvalue weighted by molar-refractivity contribution is 5.92. The highest BCUT2D eigenvalue weighted by Crippen LogP contribution is 2.24. The fourth-order valence-corrected chi connectivity index (χ4v) is 2.40. The van der Waals surface area contributed by atoms with Gasteiger partial charge in [0.2, 0.25) is 0 Å². The summed E-state index contributed by atoms with van der Waals surface area (Å²) >= 11 is 0. The molecule has 1 amide bonds. The maximum Gasteiger partial charge on any atom is 0.271 e. The number of nitrogens with one attached hydrogen (secondary N) is 2. The number of benzene rings is 1. The zero-order valence-corrected chi connectivity index (χ0v) is 14.4. The molecular weight excluding hydrogens is 288 g/mol. The van der Waals surface area contributed by atoms with Crippen molar-refractivity contribution in [2.45, 2.75) is 34.6 Å². The van der Waals surface area contributed by atoms with E-state index in [-0.39, 0.29) is 5.91 Å². The molecule has 1 heterocycles. The van der Waals surface area contributed by atoms with Crippen LogP contribution in [-0.4, -0.2) is 22.4 Å². The molecule has 0 bridgehead atoms. The van der Waals surface area contributed by atoms with Gasteiger partial charge < -0.3 is 10.6 Å². The lowest BCUT2D eigenvalue weighted by molar-refractivity contribution is 0.0943. The molecule has 1 aromatic heterocycles. The van der Waals surface area contributed by atoms with E-state index < -0.39 is 0 Å². The first kappa shape index (κ1) is 16.9. The second-order valence-corrected chi connectivity index (χ2v) is 6.29. The second kappa shape index (κ2) is 7.22. The van der Waals surface area contributed by atoms with E-state index in [4.69, 9.17) is 0 Å². The summed E-state index contributed by atoms with van der Waals surface area (Å²) in [5.74, 6) is 0.834. The van der Waals surface area contributed by atoms with Crippen LogP contribution in [0.3, 0.4) is 0 Å². The second-order valence-electron chi connectivity index (χ2n) is 6.29. The minimum absolute atomic E-state index is 0.194. The van der Waals surface area contributed by atoms with Gasteiger partial charge in [0.25, 0.3) is 5.91 Å². The largest absolute Gasteiger partial charge is 0.350 e. The first-order valence-electron chi connectivity index (χ1n) is 7.82. The number of carbonyl (C=O) groups excluding carboxylic acids is 1. The van der Waals surface area contributed by atoms with Gasteiger partial charge in [-0.2, -0.15) is 0 Å². The van der Waals surface area contributed by atoms with Crippen molar-refractivity contribution in [1.29, 1.82) is 0 Å². The Labute approximate surface area is 137 Å². The van der Waals surface area contributed by atoms with Crippen LogP contribution in [0.2, 0.25) is 0 Å². The summed E-state index contributed by atoms with van der Waals surface area (Å²) in [7, 11) is 0. The molecule has 2 rings (SSSR count). The first-order chi connectivity index (χ1) is 10.9. The predicted octanol–water partition coefficient (Wildman–Crippen LogP) is 3.53. The minimum atomic E-state index is -0.194. The summed E-state index contributed by atoms with van der Waals surface area (Å²) in [6.07, 6.45) is 3.08. The molecule has 0 fully saturated rings. The smallest absolute Gasteiger partial charge is 0.271 e. The van der Waals surface area contributed by atoms with Crippen LogP contribution < -0.4 is 10.6 Å². The van der Waals surface area contributed by atoms with Crippen molar-refractivity contribution >= 4 is 17.4 Å². The monoisotopic (exact) mass is 312 g/mol. The summed E-state index contributed by atoms with van der Waals surface area (Å²) in [6.45, 7) is 10.9. The maximum atomic E-state index is 11.9. The molecule has 0 aliphatic rings. The number of carbonyl (C=O) groups is 1. The zero-order valence-electron chi connectivity index (χ0n) is 14.4. The van der Waals surface area contributed by atoms with Crippen LogP contribution in [0, 0.1) is 26.7 Å². The van der Waals surface area contributed by atoms with Crippen LogP contribution in [0.15, 0.2) is 24.5 Å². The zero-order chi connectivity index (χ0) is 17.0. The van der Waals surface area contributed by atoms with Crippen LogP contribution in [0.25, 0.3) is 0 Å². The number of aromatic nitrogens is 2. The average molecular weight is 312 g/mol. The van der Waals surface area contributed by atoms with Gasteiger partial charge in [-0.15, -0.1) is 0 Å². The van der Waals surface area contributed by atoms with Gasteiger partial charge in [-0.25, -0.2) is 9.97 Å². The van der Waals surface area contributed by atoms with E-state index in [0.717, 1.165) is 16.8 Å². The maximum absolute atomic E-state index is 11.9. The van der Waals surface area contributed by atoms with Crippen molar-refractivity contribution < 1.29 is 4.79 Å². The van der Waals surface area contributed by atoms with Crippen LogP contribution in [0.4, 0.5) is 11.5 Å². The molecule has 0 aliphatic heterocycles. The van der Waals surface area contributed by atoms with Crippen molar-refractivity contribution in [3.63, 3.8) is 0 Å². The van der Waals surface area contributed by atoms with E-state index in [1.807, 2.05) is 13.8 Å². The van der Waals surface area contributed by atoms with E-state index in [1.165, 1.54) is 11.8 Å². The lowest BCUT2D eigenvalue weighted by Gasteiger charge is -2.13. The summed E-state index contributed by atoms with van der Waals surface area (Å²) in [4.78, 5) is 20.4. The molecular formula is C18H24N4O. The van der Waals surface area contributed by atoms with E-state index in [9.17, 15) is 4.79 Å². The molecule has 1 aromatic carbocycles. The molecule has 0 saturated heterocycles. The van der Waals surface area contributed by atoms with Crippen molar-refractivity contribution in [3.05, 3.63) is 46.9 Å². The minimum Gasteiger partial charge on any atom is -0.350 e. The van der Waals surface area contributed by atoms with Crippen LogP contribution in [0.5, 0.6) is 0 Å². The topological polar surface area (TPSA) is 66.9 Å². The predicted molar refractivity (Wildman–Crippen MR) is 93.1 cm³/mol. The standard InChI is InChI=1S/C18H24N4O/c1-11(2)8-21-18(23)15-9-20-16(10-19-15)22-17-13(4)6-12(3)7-14(17)5/h6-7,9-11H,8H2,1-5H3,(H,20,22)(H,21,23). The fraction of sp³-hybridized carbons (Fsp3) is 0.389. The molecule has 0 spiro atoms. The van der Waals surface area contributed by atoms with E-state index >= 15 is 0 Å². The molecule has 23 heavy (non-hydrogen) atoms. The third kappa shape index (κ3) is 4.52. The Morgan fingerprint density at radius 3 is 2.26 bits per heavy atom. The summed E-state index contributed by atoms with van der Waals surface area (Å²) < 4.78 is 0. The molecule has 0 radical (unpaired) electrons. The fourth-order valence-electron chi connectivity index (χ4n) is 2.40. The van der Waals surface area contributed by atoms with Crippen molar-refractivity contribution in [2.24, 2.45) is 5.92 Å². The van der Waals surface area contributed by atoms with Gasteiger partial charge in [0.05, 0.1) is 12.4 Å². The van der Waals surface area contributed by atoms with Crippen molar-refractivity contribution in [2.75, 3.05) is 11.9 Å². The van der Waals surface area contributed by atoms with Gasteiger partial charge in [0, 0.05) is 12.2 Å². The number of hydrogen-bond donors (Lipinski definition) is 2. The van der Waals surface area contributed by atoms with Gasteiger partial charge >= 0.3 is 0 Å². The molecule has 0 saturated carbocycles. The summed E-state index contributed by atoms with van der Waals surface area (Å²) in [5.41, 5.74) is 4.90. The van der Waals surface area contributed by atoms with Gasteiger partial charge in [-0.1, -0.05) is 31.5 Å². The lowest BCUT2D eigenvalue weighted by Crippen LogP contribution is -2.28. The first-order valence-corrected chi connectivity index (χ1v) is 7.82. The van der Waals surface area contributed by atoms with E-state index in [1.54, 1.807) is 6.20 Å². The number of nitrogens with zero attached hydrogens (tertiary/aromatic N) is 2. The average Bonchev–Trinajstić information content (AvgIpc) is 2.49. The van der Waals surface area contributed by atoms with Gasteiger partial charge in [-0.05, 0) is 37.8 Å². The lowest BCUT2D eigenvalue weighted by atomic mass is 10.1. The molecule has 0 atom stereocenters. The van der Waals surface area contributed by atoms with E-state index in [0.29, 0.717) is 24.0 Å². The number of amides is 1. The number of anilines is 2. The Balaban J connectivity index is 2.10. The van der Waals surface area contributed by atoms with Gasteiger partial charge in [0.1, 0.15) is 11.5 Å². The normalized spacial score (nSPS) is 10.7. The van der Waals surface area contributed by atoms with Gasteiger partial charge in [-0.3, -0.25) is 4.79 Å². The number of rotatable bonds is 5. The third-order valence-corrected chi connectivity index (χ3v) is 3.49. The molecule has 2 N–H and O–H groups in total. The van der Waals surface area contributed by atoms with Gasteiger partial charge in [0.15, 0.2) is 0 Å². The highest BCUT2D eigenvalue weighted by atomic mass is 16.1. The van der Waals surface area contributed by atoms with Crippen LogP contribution >= 0.6 is 0 Å². The molecule has 2 aromatic rings. The van der Waals surface area contributed by atoms with Crippen molar-refractivity contribution in [1.82, 2.24) is 15.3 Å². The quantitative estimate of drug-likeness (QED) is 0.886. The molecule has 0 unspecified atom stereocenters.